The third-order valence-electron chi connectivity index (χ3n) is 3.19. The van der Waals surface area contributed by atoms with Crippen molar-refractivity contribution in [3.05, 3.63) is 22.8 Å². The number of aromatic nitrogens is 1. The van der Waals surface area contributed by atoms with Crippen molar-refractivity contribution in [3.63, 3.8) is 0 Å². The van der Waals surface area contributed by atoms with Crippen LogP contribution >= 0.6 is 11.6 Å². The molecule has 1 aliphatic heterocycles. The average Bonchev–Trinajstić information content (AvgIpc) is 2.76. The van der Waals surface area contributed by atoms with Crippen LogP contribution in [0.5, 0.6) is 11.5 Å². The van der Waals surface area contributed by atoms with E-state index in [1.807, 2.05) is 6.07 Å². The second-order valence-electron chi connectivity index (χ2n) is 4.23. The van der Waals surface area contributed by atoms with Gasteiger partial charge >= 0.3 is 5.97 Å². The summed E-state index contributed by atoms with van der Waals surface area (Å²) in [6.07, 6.45) is 0. The van der Waals surface area contributed by atoms with Crippen LogP contribution in [0.3, 0.4) is 0 Å². The van der Waals surface area contributed by atoms with Gasteiger partial charge in [0.1, 0.15) is 18.9 Å². The molecule has 1 aliphatic rings. The van der Waals surface area contributed by atoms with Gasteiger partial charge < -0.3 is 18.8 Å². The first kappa shape index (κ1) is 12.2. The Bertz CT molecular complexity index is 677. The van der Waals surface area contributed by atoms with Gasteiger partial charge in [0.25, 0.3) is 0 Å². The summed E-state index contributed by atoms with van der Waals surface area (Å²) >= 11 is 6.32. The quantitative estimate of drug-likeness (QED) is 0.753. The van der Waals surface area contributed by atoms with Gasteiger partial charge in [0.2, 0.25) is 0 Å². The van der Waals surface area contributed by atoms with Crippen LogP contribution < -0.4 is 9.47 Å². The van der Waals surface area contributed by atoms with Gasteiger partial charge in [0.05, 0.1) is 17.6 Å². The summed E-state index contributed by atoms with van der Waals surface area (Å²) in [6.45, 7) is 0.956. The van der Waals surface area contributed by atoms with E-state index in [2.05, 4.69) is 0 Å². The zero-order chi connectivity index (χ0) is 13.6. The van der Waals surface area contributed by atoms with Crippen molar-refractivity contribution < 1.29 is 19.0 Å². The molecule has 0 saturated heterocycles. The second kappa shape index (κ2) is 4.35. The molecule has 5 nitrogen and oxygen atoms in total. The Hall–Kier alpha value is -1.88. The van der Waals surface area contributed by atoms with E-state index in [0.29, 0.717) is 35.4 Å². The molecule has 0 N–H and O–H groups in total. The van der Waals surface area contributed by atoms with Gasteiger partial charge in [-0.15, -0.1) is 0 Å². The summed E-state index contributed by atoms with van der Waals surface area (Å²) < 4.78 is 17.5. The number of ether oxygens (including phenoxy) is 3. The van der Waals surface area contributed by atoms with Crippen molar-refractivity contribution in [1.29, 1.82) is 0 Å². The Labute approximate surface area is 114 Å². The van der Waals surface area contributed by atoms with Crippen LogP contribution in [0.25, 0.3) is 10.9 Å². The molecule has 2 heterocycles. The number of aryl methyl sites for hydroxylation is 1. The number of carbonyl (C=O) groups excluding carboxylic acids is 1. The average molecular weight is 282 g/mol. The van der Waals surface area contributed by atoms with Crippen molar-refractivity contribution in [1.82, 2.24) is 4.57 Å². The van der Waals surface area contributed by atoms with Crippen LogP contribution in [-0.2, 0) is 11.8 Å². The lowest BCUT2D eigenvalue weighted by Crippen LogP contribution is -2.15. The van der Waals surface area contributed by atoms with Crippen LogP contribution in [0.1, 0.15) is 10.5 Å². The number of hydrogen-bond donors (Lipinski definition) is 0. The fourth-order valence-electron chi connectivity index (χ4n) is 2.23. The minimum Gasteiger partial charge on any atom is -0.486 e. The van der Waals surface area contributed by atoms with Crippen molar-refractivity contribution in [3.8, 4) is 11.5 Å². The van der Waals surface area contributed by atoms with E-state index >= 15 is 0 Å². The predicted octanol–water partition coefficient (Wildman–Crippen LogP) is 2.39. The molecule has 3 rings (SSSR count). The molecular formula is C13H12ClNO4. The zero-order valence-electron chi connectivity index (χ0n) is 10.5. The van der Waals surface area contributed by atoms with Crippen molar-refractivity contribution >= 4 is 28.5 Å². The molecule has 0 aliphatic carbocycles. The minimum atomic E-state index is -0.408. The Kier molecular flexibility index (Phi) is 2.78. The number of nitrogens with zero attached hydrogens (tertiary/aromatic N) is 1. The summed E-state index contributed by atoms with van der Waals surface area (Å²) in [7, 11) is 3.12. The van der Waals surface area contributed by atoms with Crippen LogP contribution in [0.2, 0.25) is 5.02 Å². The van der Waals surface area contributed by atoms with Crippen LogP contribution in [0.4, 0.5) is 0 Å². The molecule has 1 aromatic carbocycles. The Balaban J connectivity index is 2.29. The SMILES string of the molecule is COC(=O)c1cc2c(Cl)c3c(cc2n1C)OCCO3. The third-order valence-corrected chi connectivity index (χ3v) is 3.56. The first-order valence-electron chi connectivity index (χ1n) is 5.79. The molecule has 0 radical (unpaired) electrons. The maximum Gasteiger partial charge on any atom is 0.354 e. The molecule has 0 fully saturated rings. The highest BCUT2D eigenvalue weighted by atomic mass is 35.5. The van der Waals surface area contributed by atoms with Crippen LogP contribution in [0, 0.1) is 0 Å². The number of rotatable bonds is 1. The summed E-state index contributed by atoms with van der Waals surface area (Å²) in [5.41, 5.74) is 1.23. The molecule has 19 heavy (non-hydrogen) atoms. The standard InChI is InChI=1S/C13H12ClNO4/c1-15-8-6-10-12(19-4-3-18-10)11(14)7(8)5-9(15)13(16)17-2/h5-6H,3-4H2,1-2H3. The normalized spacial score (nSPS) is 13.6. The smallest absolute Gasteiger partial charge is 0.354 e. The number of benzene rings is 1. The van der Waals surface area contributed by atoms with Crippen molar-refractivity contribution in [2.75, 3.05) is 20.3 Å². The Morgan fingerprint density at radius 1 is 1.37 bits per heavy atom. The summed E-state index contributed by atoms with van der Waals surface area (Å²) in [6, 6.07) is 3.52. The second-order valence-corrected chi connectivity index (χ2v) is 4.61. The van der Waals surface area contributed by atoms with E-state index in [0.717, 1.165) is 10.9 Å². The molecule has 0 bridgehead atoms. The number of halogens is 1. The summed E-state index contributed by atoms with van der Waals surface area (Å²) in [4.78, 5) is 11.7. The van der Waals surface area contributed by atoms with Gasteiger partial charge in [-0.25, -0.2) is 4.79 Å². The van der Waals surface area contributed by atoms with E-state index in [9.17, 15) is 4.79 Å². The highest BCUT2D eigenvalue weighted by Gasteiger charge is 2.23. The molecule has 2 aromatic rings. The first-order valence-corrected chi connectivity index (χ1v) is 6.17. The fourth-order valence-corrected chi connectivity index (χ4v) is 2.53. The van der Waals surface area contributed by atoms with Gasteiger partial charge in [0.15, 0.2) is 11.5 Å². The van der Waals surface area contributed by atoms with E-state index in [1.165, 1.54) is 7.11 Å². The third kappa shape index (κ3) is 1.73. The fraction of sp³-hybridized carbons (Fsp3) is 0.308. The number of hydrogen-bond acceptors (Lipinski definition) is 4. The minimum absolute atomic E-state index is 0.408. The van der Waals surface area contributed by atoms with Gasteiger partial charge in [-0.05, 0) is 6.07 Å². The maximum absolute atomic E-state index is 11.7. The lowest BCUT2D eigenvalue weighted by molar-refractivity contribution is 0.0590. The van der Waals surface area contributed by atoms with E-state index in [4.69, 9.17) is 25.8 Å². The lowest BCUT2D eigenvalue weighted by Gasteiger charge is -2.19. The number of carbonyl (C=O) groups is 1. The number of esters is 1. The molecular weight excluding hydrogens is 270 g/mol. The molecule has 0 amide bonds. The number of methoxy groups -OCH3 is 1. The maximum atomic E-state index is 11.7. The largest absolute Gasteiger partial charge is 0.486 e. The lowest BCUT2D eigenvalue weighted by atomic mass is 10.2. The van der Waals surface area contributed by atoms with Gasteiger partial charge in [0, 0.05) is 18.5 Å². The number of fused-ring (bicyclic) bond motifs is 2. The monoisotopic (exact) mass is 281 g/mol. The zero-order valence-corrected chi connectivity index (χ0v) is 11.3. The summed E-state index contributed by atoms with van der Waals surface area (Å²) in [5, 5.41) is 1.20. The Morgan fingerprint density at radius 3 is 2.84 bits per heavy atom. The van der Waals surface area contributed by atoms with Gasteiger partial charge in [-0.3, -0.25) is 0 Å². The molecule has 0 spiro atoms. The molecule has 0 saturated carbocycles. The molecule has 100 valence electrons. The van der Waals surface area contributed by atoms with E-state index in [1.54, 1.807) is 17.7 Å². The highest BCUT2D eigenvalue weighted by molar-refractivity contribution is 6.37. The molecule has 0 atom stereocenters. The first-order chi connectivity index (χ1) is 9.13. The predicted molar refractivity (Wildman–Crippen MR) is 70.3 cm³/mol. The van der Waals surface area contributed by atoms with Gasteiger partial charge in [-0.1, -0.05) is 11.6 Å². The van der Waals surface area contributed by atoms with Crippen LogP contribution in [-0.4, -0.2) is 30.9 Å². The van der Waals surface area contributed by atoms with E-state index < -0.39 is 5.97 Å². The Morgan fingerprint density at radius 2 is 2.11 bits per heavy atom. The molecule has 6 heteroatoms. The molecule has 1 aromatic heterocycles. The van der Waals surface area contributed by atoms with Crippen molar-refractivity contribution in [2.24, 2.45) is 7.05 Å². The van der Waals surface area contributed by atoms with Crippen LogP contribution in [0.15, 0.2) is 12.1 Å². The van der Waals surface area contributed by atoms with Gasteiger partial charge in [-0.2, -0.15) is 0 Å². The highest BCUT2D eigenvalue weighted by Crippen LogP contribution is 2.43. The van der Waals surface area contributed by atoms with E-state index in [-0.39, 0.29) is 0 Å². The molecule has 0 unspecified atom stereocenters. The topological polar surface area (TPSA) is 49.7 Å². The van der Waals surface area contributed by atoms with Crippen molar-refractivity contribution in [2.45, 2.75) is 0 Å². The summed E-state index contributed by atoms with van der Waals surface area (Å²) in [5.74, 6) is 0.721.